The lowest BCUT2D eigenvalue weighted by atomic mass is 10.2. The van der Waals surface area contributed by atoms with E-state index in [9.17, 15) is 4.79 Å². The molecule has 1 aromatic carbocycles. The van der Waals surface area contributed by atoms with Crippen LogP contribution in [-0.2, 0) is 9.47 Å². The third kappa shape index (κ3) is 4.67. The number of hydrogen-bond donors (Lipinski definition) is 1. The van der Waals surface area contributed by atoms with Crippen molar-refractivity contribution in [1.29, 1.82) is 0 Å². The molecule has 2 rings (SSSR count). The Morgan fingerprint density at radius 3 is 2.38 bits per heavy atom. The number of amides is 1. The average molecular weight is 338 g/mol. The maximum Gasteiger partial charge on any atom is 0.411 e. The molecule has 0 aliphatic carbocycles. The largest absolute Gasteiger partial charge is 0.492 e. The lowest BCUT2D eigenvalue weighted by Crippen LogP contribution is -2.36. The third-order valence-electron chi connectivity index (χ3n) is 3.52. The number of morpholine rings is 1. The predicted molar refractivity (Wildman–Crippen MR) is 92.5 cm³/mol. The Morgan fingerprint density at radius 2 is 1.75 bits per heavy atom. The number of nitrogens with one attached hydrogen (secondary N) is 1. The minimum atomic E-state index is -0.514. The molecule has 1 heterocycles. The van der Waals surface area contributed by atoms with E-state index in [1.165, 1.54) is 0 Å². The van der Waals surface area contributed by atoms with Gasteiger partial charge in [0, 0.05) is 25.2 Å². The summed E-state index contributed by atoms with van der Waals surface area (Å²) >= 11 is 0. The lowest BCUT2D eigenvalue weighted by molar-refractivity contribution is 0.122. The highest BCUT2D eigenvalue weighted by Crippen LogP contribution is 2.39. The fourth-order valence-corrected chi connectivity index (χ4v) is 2.52. The van der Waals surface area contributed by atoms with Crippen LogP contribution in [0.15, 0.2) is 12.1 Å². The quantitative estimate of drug-likeness (QED) is 0.824. The Morgan fingerprint density at radius 1 is 1.08 bits per heavy atom. The van der Waals surface area contributed by atoms with Crippen molar-refractivity contribution in [2.45, 2.75) is 20.8 Å². The summed E-state index contributed by atoms with van der Waals surface area (Å²) in [5, 5.41) is 2.72. The van der Waals surface area contributed by atoms with E-state index < -0.39 is 6.09 Å². The molecule has 7 heteroatoms. The van der Waals surface area contributed by atoms with Crippen LogP contribution in [0.2, 0.25) is 0 Å². The molecule has 1 amide bonds. The second-order valence-electron chi connectivity index (χ2n) is 5.13. The number of rotatable bonds is 7. The number of carbonyl (C=O) groups excluding carboxylic acids is 1. The van der Waals surface area contributed by atoms with Crippen LogP contribution in [0.4, 0.5) is 16.2 Å². The van der Waals surface area contributed by atoms with Crippen LogP contribution in [-0.4, -0.2) is 52.2 Å². The zero-order valence-corrected chi connectivity index (χ0v) is 14.6. The van der Waals surface area contributed by atoms with Gasteiger partial charge in [0.2, 0.25) is 0 Å². The first-order valence-corrected chi connectivity index (χ1v) is 8.39. The van der Waals surface area contributed by atoms with E-state index in [2.05, 4.69) is 10.2 Å². The summed E-state index contributed by atoms with van der Waals surface area (Å²) in [6.45, 7) is 9.86. The summed E-state index contributed by atoms with van der Waals surface area (Å²) in [4.78, 5) is 14.0. The minimum absolute atomic E-state index is 0.306. The van der Waals surface area contributed by atoms with Crippen LogP contribution in [0.3, 0.4) is 0 Å². The molecule has 1 aromatic rings. The summed E-state index contributed by atoms with van der Waals surface area (Å²) in [6, 6.07) is 3.69. The molecule has 1 saturated heterocycles. The van der Waals surface area contributed by atoms with Gasteiger partial charge in [-0.05, 0) is 20.8 Å². The van der Waals surface area contributed by atoms with Gasteiger partial charge in [0.15, 0.2) is 0 Å². The molecule has 0 unspecified atom stereocenters. The smallest absolute Gasteiger partial charge is 0.411 e. The Hall–Kier alpha value is -2.15. The van der Waals surface area contributed by atoms with Gasteiger partial charge >= 0.3 is 6.09 Å². The van der Waals surface area contributed by atoms with Gasteiger partial charge < -0.3 is 23.8 Å². The SMILES string of the molecule is CCOC(=O)Nc1cc(OCC)c(N2CCOCC2)cc1OCC. The first-order valence-electron chi connectivity index (χ1n) is 8.39. The maximum absolute atomic E-state index is 11.8. The zero-order chi connectivity index (χ0) is 17.4. The van der Waals surface area contributed by atoms with Gasteiger partial charge in [0.25, 0.3) is 0 Å². The highest BCUT2D eigenvalue weighted by molar-refractivity contribution is 5.88. The van der Waals surface area contributed by atoms with E-state index in [4.69, 9.17) is 18.9 Å². The third-order valence-corrected chi connectivity index (χ3v) is 3.52. The molecular formula is C17H26N2O5. The second kappa shape index (κ2) is 9.22. The Labute approximate surface area is 142 Å². The molecule has 1 N–H and O–H groups in total. The van der Waals surface area contributed by atoms with E-state index in [-0.39, 0.29) is 0 Å². The van der Waals surface area contributed by atoms with E-state index in [1.807, 2.05) is 19.9 Å². The molecular weight excluding hydrogens is 312 g/mol. The summed E-state index contributed by atoms with van der Waals surface area (Å²) < 4.78 is 21.8. The lowest BCUT2D eigenvalue weighted by Gasteiger charge is -2.31. The van der Waals surface area contributed by atoms with Gasteiger partial charge in [0.05, 0.1) is 44.4 Å². The number of ether oxygens (including phenoxy) is 4. The number of nitrogens with zero attached hydrogens (tertiary/aromatic N) is 1. The van der Waals surface area contributed by atoms with Crippen molar-refractivity contribution >= 4 is 17.5 Å². The standard InChI is InChI=1S/C17H26N2O5/c1-4-22-15-12-14(19-7-9-21-10-8-19)16(23-5-2)11-13(15)18-17(20)24-6-3/h11-12H,4-10H2,1-3H3,(H,18,20). The Bertz CT molecular complexity index is 544. The molecule has 7 nitrogen and oxygen atoms in total. The van der Waals surface area contributed by atoms with Crippen LogP contribution < -0.4 is 19.7 Å². The van der Waals surface area contributed by atoms with Gasteiger partial charge in [-0.15, -0.1) is 0 Å². The Balaban J connectivity index is 2.35. The summed E-state index contributed by atoms with van der Waals surface area (Å²) in [6.07, 6.45) is -0.514. The fourth-order valence-electron chi connectivity index (χ4n) is 2.52. The van der Waals surface area contributed by atoms with E-state index in [0.717, 1.165) is 18.8 Å². The molecule has 0 saturated carbocycles. The van der Waals surface area contributed by atoms with Crippen LogP contribution in [0.1, 0.15) is 20.8 Å². The van der Waals surface area contributed by atoms with E-state index >= 15 is 0 Å². The van der Waals surface area contributed by atoms with Crippen molar-refractivity contribution in [1.82, 2.24) is 0 Å². The van der Waals surface area contributed by atoms with Gasteiger partial charge in [-0.1, -0.05) is 0 Å². The Kier molecular flexibility index (Phi) is 6.99. The summed E-state index contributed by atoms with van der Waals surface area (Å²) in [5.74, 6) is 1.30. The van der Waals surface area contributed by atoms with E-state index in [0.29, 0.717) is 50.2 Å². The minimum Gasteiger partial charge on any atom is -0.492 e. The highest BCUT2D eigenvalue weighted by Gasteiger charge is 2.20. The molecule has 0 atom stereocenters. The monoisotopic (exact) mass is 338 g/mol. The first kappa shape index (κ1) is 18.2. The second-order valence-corrected chi connectivity index (χ2v) is 5.13. The van der Waals surface area contributed by atoms with Crippen molar-refractivity contribution < 1.29 is 23.7 Å². The molecule has 0 aromatic heterocycles. The molecule has 1 fully saturated rings. The summed E-state index contributed by atoms with van der Waals surface area (Å²) in [5.41, 5.74) is 1.48. The predicted octanol–water partition coefficient (Wildman–Crippen LogP) is 2.89. The average Bonchev–Trinajstić information content (AvgIpc) is 2.58. The van der Waals surface area contributed by atoms with Gasteiger partial charge in [-0.2, -0.15) is 0 Å². The van der Waals surface area contributed by atoms with Crippen LogP contribution in [0.25, 0.3) is 0 Å². The zero-order valence-electron chi connectivity index (χ0n) is 14.6. The molecule has 24 heavy (non-hydrogen) atoms. The molecule has 0 bridgehead atoms. The van der Waals surface area contributed by atoms with Crippen LogP contribution in [0.5, 0.6) is 11.5 Å². The van der Waals surface area contributed by atoms with Crippen molar-refractivity contribution in [3.8, 4) is 11.5 Å². The highest BCUT2D eigenvalue weighted by atomic mass is 16.5. The number of anilines is 2. The maximum atomic E-state index is 11.8. The van der Waals surface area contributed by atoms with Crippen molar-refractivity contribution in [2.75, 3.05) is 56.3 Å². The summed E-state index contributed by atoms with van der Waals surface area (Å²) in [7, 11) is 0. The normalized spacial score (nSPS) is 14.2. The van der Waals surface area contributed by atoms with Gasteiger partial charge in [-0.25, -0.2) is 4.79 Å². The van der Waals surface area contributed by atoms with Crippen molar-refractivity contribution in [2.24, 2.45) is 0 Å². The number of benzene rings is 1. The molecule has 134 valence electrons. The van der Waals surface area contributed by atoms with Gasteiger partial charge in [-0.3, -0.25) is 5.32 Å². The van der Waals surface area contributed by atoms with Crippen LogP contribution >= 0.6 is 0 Å². The molecule has 1 aliphatic rings. The molecule has 0 radical (unpaired) electrons. The van der Waals surface area contributed by atoms with Crippen molar-refractivity contribution in [3.05, 3.63) is 12.1 Å². The number of hydrogen-bond acceptors (Lipinski definition) is 6. The topological polar surface area (TPSA) is 69.3 Å². The van der Waals surface area contributed by atoms with Gasteiger partial charge in [0.1, 0.15) is 11.5 Å². The molecule has 0 spiro atoms. The first-order chi connectivity index (χ1) is 11.7. The van der Waals surface area contributed by atoms with Crippen molar-refractivity contribution in [3.63, 3.8) is 0 Å². The van der Waals surface area contributed by atoms with E-state index in [1.54, 1.807) is 13.0 Å². The fraction of sp³-hybridized carbons (Fsp3) is 0.588. The van der Waals surface area contributed by atoms with Crippen LogP contribution in [0, 0.1) is 0 Å². The number of carbonyl (C=O) groups is 1. The molecule has 1 aliphatic heterocycles.